The largest absolute Gasteiger partial charge is 0.326 e. The zero-order valence-corrected chi connectivity index (χ0v) is 14.4. The van der Waals surface area contributed by atoms with Crippen LogP contribution in [0.5, 0.6) is 0 Å². The Morgan fingerprint density at radius 3 is 2.48 bits per heavy atom. The minimum atomic E-state index is -0.227. The number of amides is 1. The summed E-state index contributed by atoms with van der Waals surface area (Å²) in [5.41, 5.74) is 5.13. The van der Waals surface area contributed by atoms with Crippen LogP contribution in [0.3, 0.4) is 0 Å². The third-order valence-electron chi connectivity index (χ3n) is 3.28. The van der Waals surface area contributed by atoms with Gasteiger partial charge in [0.15, 0.2) is 0 Å². The number of hydrogen-bond donors (Lipinski definition) is 1. The molecule has 0 fully saturated rings. The molecule has 0 radical (unpaired) electrons. The van der Waals surface area contributed by atoms with E-state index in [9.17, 15) is 9.59 Å². The third-order valence-corrected chi connectivity index (χ3v) is 4.53. The van der Waals surface area contributed by atoms with Crippen molar-refractivity contribution in [1.82, 2.24) is 4.68 Å². The molecular formula is C17H13BrN2O2S. The van der Waals surface area contributed by atoms with E-state index in [1.807, 2.05) is 54.6 Å². The molecule has 3 rings (SSSR count). The lowest BCUT2D eigenvalue weighted by atomic mass is 10.1. The summed E-state index contributed by atoms with van der Waals surface area (Å²) in [4.78, 5) is 24.0. The van der Waals surface area contributed by atoms with Crippen LogP contribution in [0.1, 0.15) is 5.56 Å². The maximum atomic E-state index is 12.2. The minimum absolute atomic E-state index is 0.218. The van der Waals surface area contributed by atoms with E-state index >= 15 is 0 Å². The number of rotatable bonds is 4. The molecule has 0 aliphatic carbocycles. The van der Waals surface area contributed by atoms with Crippen molar-refractivity contribution in [2.24, 2.45) is 0 Å². The fourth-order valence-corrected chi connectivity index (χ4v) is 3.15. The average molecular weight is 389 g/mol. The molecule has 1 heterocycles. The van der Waals surface area contributed by atoms with Gasteiger partial charge in [-0.3, -0.25) is 15.0 Å². The molecule has 0 saturated carbocycles. The van der Waals surface area contributed by atoms with Crippen LogP contribution in [-0.4, -0.2) is 10.6 Å². The second kappa shape index (κ2) is 6.93. The van der Waals surface area contributed by atoms with Crippen molar-refractivity contribution in [3.8, 4) is 11.3 Å². The monoisotopic (exact) mass is 388 g/mol. The number of hydrogen-bond acceptors (Lipinski definition) is 3. The first-order valence-electron chi connectivity index (χ1n) is 6.94. The summed E-state index contributed by atoms with van der Waals surface area (Å²) in [6, 6.07) is 17.0. The first kappa shape index (κ1) is 15.7. The number of nitrogens with one attached hydrogen (secondary N) is 1. The van der Waals surface area contributed by atoms with Crippen LogP contribution < -0.4 is 10.3 Å². The SMILES string of the molecule is O=C(Cc1ccccc1)Nn1c(-c2ccc(Br)cc2)csc1=O. The highest BCUT2D eigenvalue weighted by molar-refractivity contribution is 9.10. The van der Waals surface area contributed by atoms with Gasteiger partial charge in [-0.1, -0.05) is 69.7 Å². The maximum absolute atomic E-state index is 12.2. The quantitative estimate of drug-likeness (QED) is 0.741. The van der Waals surface area contributed by atoms with E-state index in [0.29, 0.717) is 5.69 Å². The molecule has 0 unspecified atom stereocenters. The summed E-state index contributed by atoms with van der Waals surface area (Å²) in [6.07, 6.45) is 0.225. The standard InChI is InChI=1S/C17H13BrN2O2S/c18-14-8-6-13(7-9-14)15-11-23-17(22)20(15)19-16(21)10-12-4-2-1-3-5-12/h1-9,11H,10H2,(H,19,21). The van der Waals surface area contributed by atoms with Crippen LogP contribution in [0.2, 0.25) is 0 Å². The topological polar surface area (TPSA) is 51.1 Å². The van der Waals surface area contributed by atoms with Gasteiger partial charge in [0.05, 0.1) is 12.1 Å². The van der Waals surface area contributed by atoms with Crippen LogP contribution in [0, 0.1) is 0 Å². The number of carbonyl (C=O) groups excluding carboxylic acids is 1. The first-order valence-corrected chi connectivity index (χ1v) is 8.61. The van der Waals surface area contributed by atoms with Gasteiger partial charge in [-0.25, -0.2) is 4.68 Å². The zero-order chi connectivity index (χ0) is 16.2. The van der Waals surface area contributed by atoms with Gasteiger partial charge in [0, 0.05) is 15.4 Å². The number of nitrogens with zero attached hydrogens (tertiary/aromatic N) is 1. The molecule has 0 atom stereocenters. The van der Waals surface area contributed by atoms with Gasteiger partial charge in [0.2, 0.25) is 5.91 Å². The number of carbonyl (C=O) groups is 1. The minimum Gasteiger partial charge on any atom is -0.273 e. The highest BCUT2D eigenvalue weighted by atomic mass is 79.9. The normalized spacial score (nSPS) is 10.5. The van der Waals surface area contributed by atoms with Crippen LogP contribution in [0.25, 0.3) is 11.3 Å². The predicted octanol–water partition coefficient (Wildman–Crippen LogP) is 3.65. The van der Waals surface area contributed by atoms with Crippen molar-refractivity contribution in [2.45, 2.75) is 6.42 Å². The molecule has 6 heteroatoms. The van der Waals surface area contributed by atoms with Crippen LogP contribution in [-0.2, 0) is 11.2 Å². The number of aromatic nitrogens is 1. The van der Waals surface area contributed by atoms with E-state index in [0.717, 1.165) is 26.9 Å². The molecule has 2 aromatic carbocycles. The second-order valence-electron chi connectivity index (χ2n) is 4.93. The molecule has 1 aromatic heterocycles. The van der Waals surface area contributed by atoms with Crippen molar-refractivity contribution in [2.75, 3.05) is 5.43 Å². The van der Waals surface area contributed by atoms with Crippen LogP contribution in [0.4, 0.5) is 0 Å². The predicted molar refractivity (Wildman–Crippen MR) is 96.2 cm³/mol. The van der Waals surface area contributed by atoms with E-state index in [2.05, 4.69) is 21.4 Å². The Hall–Kier alpha value is -2.18. The van der Waals surface area contributed by atoms with Crippen LogP contribution in [0.15, 0.2) is 69.2 Å². The van der Waals surface area contributed by atoms with E-state index in [4.69, 9.17) is 0 Å². The van der Waals surface area contributed by atoms with E-state index in [-0.39, 0.29) is 17.2 Å². The van der Waals surface area contributed by atoms with Gasteiger partial charge >= 0.3 is 4.87 Å². The van der Waals surface area contributed by atoms with Crippen molar-refractivity contribution in [3.63, 3.8) is 0 Å². The summed E-state index contributed by atoms with van der Waals surface area (Å²) in [6.45, 7) is 0. The van der Waals surface area contributed by atoms with Crippen molar-refractivity contribution >= 4 is 33.2 Å². The Balaban J connectivity index is 1.83. The molecule has 0 aliphatic heterocycles. The molecule has 116 valence electrons. The number of thiazole rings is 1. The van der Waals surface area contributed by atoms with Gasteiger partial charge < -0.3 is 0 Å². The zero-order valence-electron chi connectivity index (χ0n) is 12.0. The summed E-state index contributed by atoms with van der Waals surface area (Å²) in [5, 5.41) is 1.74. The molecule has 0 bridgehead atoms. The van der Waals surface area contributed by atoms with Crippen molar-refractivity contribution < 1.29 is 4.79 Å². The molecule has 1 N–H and O–H groups in total. The maximum Gasteiger partial charge on any atom is 0.326 e. The molecule has 4 nitrogen and oxygen atoms in total. The molecule has 0 aliphatic rings. The fraction of sp³-hybridized carbons (Fsp3) is 0.0588. The van der Waals surface area contributed by atoms with Gasteiger partial charge in [-0.2, -0.15) is 0 Å². The lowest BCUT2D eigenvalue weighted by Crippen LogP contribution is -2.31. The Bertz CT molecular complexity index is 870. The number of benzene rings is 2. The van der Waals surface area contributed by atoms with Gasteiger partial charge in [-0.05, 0) is 17.7 Å². The second-order valence-corrected chi connectivity index (χ2v) is 6.66. The highest BCUT2D eigenvalue weighted by Crippen LogP contribution is 2.21. The van der Waals surface area contributed by atoms with Gasteiger partial charge in [0.1, 0.15) is 0 Å². The van der Waals surface area contributed by atoms with Gasteiger partial charge in [-0.15, -0.1) is 0 Å². The smallest absolute Gasteiger partial charge is 0.273 e. The molecular weight excluding hydrogens is 376 g/mol. The Morgan fingerprint density at radius 2 is 1.78 bits per heavy atom. The van der Waals surface area contributed by atoms with Crippen molar-refractivity contribution in [1.29, 1.82) is 0 Å². The Kier molecular flexibility index (Phi) is 4.73. The molecule has 23 heavy (non-hydrogen) atoms. The molecule has 3 aromatic rings. The molecule has 0 saturated heterocycles. The Morgan fingerprint density at radius 1 is 1.09 bits per heavy atom. The molecule has 1 amide bonds. The number of halogens is 1. The fourth-order valence-electron chi connectivity index (χ4n) is 2.18. The van der Waals surface area contributed by atoms with Crippen LogP contribution >= 0.6 is 27.3 Å². The van der Waals surface area contributed by atoms with Gasteiger partial charge in [0.25, 0.3) is 0 Å². The van der Waals surface area contributed by atoms with E-state index in [1.165, 1.54) is 4.68 Å². The summed E-state index contributed by atoms with van der Waals surface area (Å²) in [7, 11) is 0. The summed E-state index contributed by atoms with van der Waals surface area (Å²) >= 11 is 4.44. The summed E-state index contributed by atoms with van der Waals surface area (Å²) < 4.78 is 2.26. The highest BCUT2D eigenvalue weighted by Gasteiger charge is 2.12. The van der Waals surface area contributed by atoms with E-state index in [1.54, 1.807) is 5.38 Å². The Labute approximate surface area is 145 Å². The summed E-state index contributed by atoms with van der Waals surface area (Å²) in [5.74, 6) is -0.227. The lowest BCUT2D eigenvalue weighted by Gasteiger charge is -2.09. The molecule has 0 spiro atoms. The third kappa shape index (κ3) is 3.78. The first-order chi connectivity index (χ1) is 11.1. The average Bonchev–Trinajstić information content (AvgIpc) is 2.90. The van der Waals surface area contributed by atoms with E-state index < -0.39 is 0 Å². The lowest BCUT2D eigenvalue weighted by molar-refractivity contribution is -0.116. The van der Waals surface area contributed by atoms with Crippen molar-refractivity contribution in [3.05, 3.63) is 79.7 Å².